The molecule has 118 valence electrons. The minimum Gasteiger partial charge on any atom is -0.461 e. The third kappa shape index (κ3) is 3.41. The van der Waals surface area contributed by atoms with Crippen LogP contribution in [-0.2, 0) is 17.5 Å². The van der Waals surface area contributed by atoms with E-state index in [9.17, 15) is 22.4 Å². The van der Waals surface area contributed by atoms with Crippen molar-refractivity contribution in [1.82, 2.24) is 15.0 Å². The zero-order valence-electron chi connectivity index (χ0n) is 11.4. The lowest BCUT2D eigenvalue weighted by atomic mass is 10.2. The van der Waals surface area contributed by atoms with E-state index in [2.05, 4.69) is 15.0 Å². The van der Waals surface area contributed by atoms with Gasteiger partial charge < -0.3 is 4.74 Å². The van der Waals surface area contributed by atoms with Gasteiger partial charge in [0.1, 0.15) is 5.82 Å². The largest absolute Gasteiger partial charge is 0.461 e. The highest BCUT2D eigenvalue weighted by Crippen LogP contribution is 2.30. The summed E-state index contributed by atoms with van der Waals surface area (Å²) in [7, 11) is 0. The third-order valence-corrected chi connectivity index (χ3v) is 2.72. The van der Waals surface area contributed by atoms with E-state index < -0.39 is 29.4 Å². The quantitative estimate of drug-likeness (QED) is 0.642. The highest BCUT2D eigenvalue weighted by molar-refractivity contribution is 5.88. The fourth-order valence-electron chi connectivity index (χ4n) is 1.78. The number of benzene rings is 1. The molecule has 0 aliphatic rings. The molecule has 1 aromatic carbocycles. The fraction of sp³-hybridized carbons (Fsp3) is 0.308. The lowest BCUT2D eigenvalue weighted by molar-refractivity contribution is -0.141. The molecule has 0 N–H and O–H groups in total. The van der Waals surface area contributed by atoms with Crippen LogP contribution in [0.25, 0.3) is 0 Å². The number of carbonyl (C=O) groups is 1. The second kappa shape index (κ2) is 6.12. The highest BCUT2D eigenvalue weighted by Gasteiger charge is 2.41. The summed E-state index contributed by atoms with van der Waals surface area (Å²) in [4.78, 5) is 11.8. The number of carbonyl (C=O) groups excluding carboxylic acids is 1. The average molecular weight is 317 g/mol. The summed E-state index contributed by atoms with van der Waals surface area (Å²) < 4.78 is 56.9. The van der Waals surface area contributed by atoms with Gasteiger partial charge in [0, 0.05) is 0 Å². The number of alkyl halides is 3. The standard InChI is InChI=1S/C13H11F4N3O2/c1-2-22-12(21)10-11(13(15,16)17)18-19-20(10)7-8-3-5-9(14)6-4-8/h3-6H,2,7H2,1H3. The maximum atomic E-state index is 12.9. The molecule has 0 bridgehead atoms. The van der Waals surface area contributed by atoms with Gasteiger partial charge in [-0.25, -0.2) is 13.9 Å². The van der Waals surface area contributed by atoms with Crippen LogP contribution >= 0.6 is 0 Å². The summed E-state index contributed by atoms with van der Waals surface area (Å²) in [5.74, 6) is -1.65. The number of nitrogens with zero attached hydrogens (tertiary/aromatic N) is 3. The highest BCUT2D eigenvalue weighted by atomic mass is 19.4. The molecule has 0 saturated heterocycles. The molecule has 0 aliphatic heterocycles. The summed E-state index contributed by atoms with van der Waals surface area (Å²) in [5.41, 5.74) is -1.72. The molecule has 1 heterocycles. The zero-order chi connectivity index (χ0) is 16.3. The Hall–Kier alpha value is -2.45. The minimum absolute atomic E-state index is 0.0855. The number of hydrogen-bond acceptors (Lipinski definition) is 4. The molecule has 5 nitrogen and oxygen atoms in total. The van der Waals surface area contributed by atoms with Crippen molar-refractivity contribution in [1.29, 1.82) is 0 Å². The predicted octanol–water partition coefficient (Wildman–Crippen LogP) is 2.66. The predicted molar refractivity (Wildman–Crippen MR) is 66.5 cm³/mol. The Labute approximate surface area is 122 Å². The van der Waals surface area contributed by atoms with Crippen LogP contribution in [0.2, 0.25) is 0 Å². The number of ether oxygens (including phenoxy) is 1. The van der Waals surface area contributed by atoms with Gasteiger partial charge in [0.2, 0.25) is 5.69 Å². The Bertz CT molecular complexity index is 665. The fourth-order valence-corrected chi connectivity index (χ4v) is 1.78. The number of aromatic nitrogens is 3. The van der Waals surface area contributed by atoms with Gasteiger partial charge in [-0.1, -0.05) is 17.3 Å². The zero-order valence-corrected chi connectivity index (χ0v) is 11.4. The molecule has 0 spiro atoms. The van der Waals surface area contributed by atoms with Gasteiger partial charge in [-0.3, -0.25) is 0 Å². The van der Waals surface area contributed by atoms with Crippen molar-refractivity contribution in [2.24, 2.45) is 0 Å². The van der Waals surface area contributed by atoms with Crippen LogP contribution in [0.1, 0.15) is 28.7 Å². The van der Waals surface area contributed by atoms with Crippen molar-refractivity contribution in [2.45, 2.75) is 19.6 Å². The molecule has 22 heavy (non-hydrogen) atoms. The van der Waals surface area contributed by atoms with Gasteiger partial charge in [0.25, 0.3) is 0 Å². The van der Waals surface area contributed by atoms with Crippen LogP contribution in [0.3, 0.4) is 0 Å². The van der Waals surface area contributed by atoms with E-state index in [0.29, 0.717) is 5.56 Å². The van der Waals surface area contributed by atoms with Gasteiger partial charge in [-0.15, -0.1) is 5.10 Å². The average Bonchev–Trinajstić information content (AvgIpc) is 2.85. The number of hydrogen-bond donors (Lipinski definition) is 0. The monoisotopic (exact) mass is 317 g/mol. The van der Waals surface area contributed by atoms with E-state index >= 15 is 0 Å². The molecule has 0 atom stereocenters. The molecule has 2 aromatic rings. The van der Waals surface area contributed by atoms with Crippen LogP contribution in [0, 0.1) is 5.82 Å². The summed E-state index contributed by atoms with van der Waals surface area (Å²) in [6.45, 7) is 1.22. The van der Waals surface area contributed by atoms with E-state index in [1.165, 1.54) is 19.1 Å². The topological polar surface area (TPSA) is 57.0 Å². The second-order valence-corrected chi connectivity index (χ2v) is 4.29. The summed E-state index contributed by atoms with van der Waals surface area (Å²) in [6, 6.07) is 5.06. The minimum atomic E-state index is -4.83. The van der Waals surface area contributed by atoms with Crippen LogP contribution in [-0.4, -0.2) is 27.6 Å². The first-order valence-electron chi connectivity index (χ1n) is 6.25. The van der Waals surface area contributed by atoms with E-state index in [4.69, 9.17) is 0 Å². The summed E-state index contributed by atoms with van der Waals surface area (Å²) in [6.07, 6.45) is -4.83. The second-order valence-electron chi connectivity index (χ2n) is 4.29. The van der Waals surface area contributed by atoms with Crippen molar-refractivity contribution in [2.75, 3.05) is 6.61 Å². The number of rotatable bonds is 4. The first-order chi connectivity index (χ1) is 10.3. The molecular formula is C13H11F4N3O2. The molecule has 0 aliphatic carbocycles. The van der Waals surface area contributed by atoms with Gasteiger partial charge in [-0.2, -0.15) is 13.2 Å². The van der Waals surface area contributed by atoms with Crippen molar-refractivity contribution in [3.8, 4) is 0 Å². The van der Waals surface area contributed by atoms with Crippen LogP contribution < -0.4 is 0 Å². The van der Waals surface area contributed by atoms with Crippen LogP contribution in [0.4, 0.5) is 17.6 Å². The van der Waals surface area contributed by atoms with E-state index in [1.54, 1.807) is 0 Å². The Morgan fingerprint density at radius 3 is 2.45 bits per heavy atom. The molecule has 0 radical (unpaired) electrons. The van der Waals surface area contributed by atoms with Crippen molar-refractivity contribution in [3.05, 3.63) is 47.0 Å². The summed E-state index contributed by atoms with van der Waals surface area (Å²) in [5, 5.41) is 6.37. The van der Waals surface area contributed by atoms with Gasteiger partial charge in [0.05, 0.1) is 13.2 Å². The molecule has 1 aromatic heterocycles. The van der Waals surface area contributed by atoms with Gasteiger partial charge >= 0.3 is 12.1 Å². The first-order valence-corrected chi connectivity index (χ1v) is 6.25. The Balaban J connectivity index is 2.40. The van der Waals surface area contributed by atoms with Crippen LogP contribution in [0.5, 0.6) is 0 Å². The molecule has 0 fully saturated rings. The maximum Gasteiger partial charge on any atom is 0.437 e. The SMILES string of the molecule is CCOC(=O)c1c(C(F)(F)F)nnn1Cc1ccc(F)cc1. The number of esters is 1. The van der Waals surface area contributed by atoms with Crippen molar-refractivity contribution >= 4 is 5.97 Å². The van der Waals surface area contributed by atoms with E-state index in [-0.39, 0.29) is 13.2 Å². The molecule has 2 rings (SSSR count). The first kappa shape index (κ1) is 15.9. The lowest BCUT2D eigenvalue weighted by Crippen LogP contribution is -2.19. The number of halogens is 4. The Morgan fingerprint density at radius 2 is 1.91 bits per heavy atom. The van der Waals surface area contributed by atoms with Crippen LogP contribution in [0.15, 0.2) is 24.3 Å². The smallest absolute Gasteiger partial charge is 0.437 e. The molecule has 0 amide bonds. The molecule has 9 heteroatoms. The van der Waals surface area contributed by atoms with Crippen molar-refractivity contribution in [3.63, 3.8) is 0 Å². The summed E-state index contributed by atoms with van der Waals surface area (Å²) >= 11 is 0. The third-order valence-electron chi connectivity index (χ3n) is 2.72. The van der Waals surface area contributed by atoms with E-state index in [0.717, 1.165) is 16.8 Å². The molecule has 0 saturated carbocycles. The molecular weight excluding hydrogens is 306 g/mol. The van der Waals surface area contributed by atoms with E-state index in [1.807, 2.05) is 0 Å². The van der Waals surface area contributed by atoms with Gasteiger partial charge in [-0.05, 0) is 24.6 Å². The molecule has 0 unspecified atom stereocenters. The Morgan fingerprint density at radius 1 is 1.27 bits per heavy atom. The lowest BCUT2D eigenvalue weighted by Gasteiger charge is -2.09. The maximum absolute atomic E-state index is 12.9. The normalized spacial score (nSPS) is 11.5. The van der Waals surface area contributed by atoms with Crippen molar-refractivity contribution < 1.29 is 27.1 Å². The Kier molecular flexibility index (Phi) is 4.43. The van der Waals surface area contributed by atoms with Gasteiger partial charge in [0.15, 0.2) is 5.69 Å².